The first-order valence-corrected chi connectivity index (χ1v) is 10.9. The van der Waals surface area contributed by atoms with Gasteiger partial charge in [0.2, 0.25) is 0 Å². The van der Waals surface area contributed by atoms with Gasteiger partial charge in [0.1, 0.15) is 0 Å². The maximum atomic E-state index is 13.8. The van der Waals surface area contributed by atoms with Crippen LogP contribution < -0.4 is 4.90 Å². The van der Waals surface area contributed by atoms with Crippen molar-refractivity contribution in [3.63, 3.8) is 0 Å². The molecule has 0 radical (unpaired) electrons. The molecule has 0 spiro atoms. The molecule has 3 aromatic rings. The van der Waals surface area contributed by atoms with Gasteiger partial charge in [-0.3, -0.25) is 4.79 Å². The minimum absolute atomic E-state index is 0.216. The van der Waals surface area contributed by atoms with E-state index in [2.05, 4.69) is 0 Å². The second-order valence-corrected chi connectivity index (χ2v) is 8.85. The third kappa shape index (κ3) is 4.42. The standard InChI is InChI=1S/C27H24ClNO4/c1-27(2,32)24(18-11-13-20(28)14-12-18)23-21-9-4-5-10-22(21)29(25(23)30)16-17-7-6-8-19(15-17)26(31)33-3/h4-15,32H,16H2,1-3H3/b24-23-. The number of amides is 1. The van der Waals surface area contributed by atoms with Crippen LogP contribution in [0.25, 0.3) is 11.1 Å². The van der Waals surface area contributed by atoms with Crippen LogP contribution in [-0.4, -0.2) is 29.7 Å². The maximum absolute atomic E-state index is 13.8. The summed E-state index contributed by atoms with van der Waals surface area (Å²) in [7, 11) is 1.33. The van der Waals surface area contributed by atoms with Crippen LogP contribution in [0.15, 0.2) is 72.8 Å². The number of carbonyl (C=O) groups is 2. The van der Waals surface area contributed by atoms with Crippen molar-refractivity contribution in [1.29, 1.82) is 0 Å². The second-order valence-electron chi connectivity index (χ2n) is 8.42. The van der Waals surface area contributed by atoms with Crippen molar-refractivity contribution in [3.8, 4) is 0 Å². The fourth-order valence-electron chi connectivity index (χ4n) is 4.20. The Morgan fingerprint density at radius 1 is 1.00 bits per heavy atom. The van der Waals surface area contributed by atoms with E-state index in [0.717, 1.165) is 22.4 Å². The van der Waals surface area contributed by atoms with Crippen LogP contribution in [-0.2, 0) is 16.1 Å². The van der Waals surface area contributed by atoms with Gasteiger partial charge in [0, 0.05) is 16.2 Å². The van der Waals surface area contributed by atoms with E-state index in [4.69, 9.17) is 16.3 Å². The Labute approximate surface area is 197 Å². The van der Waals surface area contributed by atoms with Gasteiger partial charge >= 0.3 is 5.97 Å². The van der Waals surface area contributed by atoms with E-state index in [1.807, 2.05) is 30.3 Å². The summed E-state index contributed by atoms with van der Waals surface area (Å²) in [6.45, 7) is 3.61. The monoisotopic (exact) mass is 461 g/mol. The van der Waals surface area contributed by atoms with Gasteiger partial charge in [0.25, 0.3) is 5.91 Å². The Morgan fingerprint density at radius 2 is 1.70 bits per heavy atom. The number of para-hydroxylation sites is 1. The summed E-state index contributed by atoms with van der Waals surface area (Å²) in [4.78, 5) is 27.4. The maximum Gasteiger partial charge on any atom is 0.337 e. The first-order chi connectivity index (χ1) is 15.7. The lowest BCUT2D eigenvalue weighted by Crippen LogP contribution is -2.29. The molecule has 0 aromatic heterocycles. The highest BCUT2D eigenvalue weighted by molar-refractivity contribution is 6.38. The molecular weight excluding hydrogens is 438 g/mol. The van der Waals surface area contributed by atoms with Crippen molar-refractivity contribution in [1.82, 2.24) is 0 Å². The van der Waals surface area contributed by atoms with Gasteiger partial charge < -0.3 is 14.7 Å². The minimum Gasteiger partial charge on any atom is -0.465 e. The van der Waals surface area contributed by atoms with E-state index >= 15 is 0 Å². The second kappa shape index (κ2) is 8.85. The zero-order valence-corrected chi connectivity index (χ0v) is 19.4. The molecule has 1 heterocycles. The van der Waals surface area contributed by atoms with E-state index in [-0.39, 0.29) is 12.5 Å². The number of hydrogen-bond acceptors (Lipinski definition) is 4. The number of aliphatic hydroxyl groups is 1. The molecule has 0 aliphatic carbocycles. The number of fused-ring (bicyclic) bond motifs is 1. The summed E-state index contributed by atoms with van der Waals surface area (Å²) >= 11 is 6.07. The number of esters is 1. The molecule has 1 amide bonds. The molecule has 6 heteroatoms. The molecule has 1 aliphatic heterocycles. The van der Waals surface area contributed by atoms with Crippen LogP contribution in [0.3, 0.4) is 0 Å². The van der Waals surface area contributed by atoms with Crippen molar-refractivity contribution in [3.05, 3.63) is 100 Å². The van der Waals surface area contributed by atoms with Gasteiger partial charge in [0.05, 0.1) is 36.1 Å². The molecule has 0 atom stereocenters. The number of halogens is 1. The van der Waals surface area contributed by atoms with E-state index in [1.54, 1.807) is 61.2 Å². The van der Waals surface area contributed by atoms with E-state index < -0.39 is 11.6 Å². The summed E-state index contributed by atoms with van der Waals surface area (Å²) in [6, 6.07) is 21.6. The Bertz CT molecular complexity index is 1260. The Hall–Kier alpha value is -3.41. The number of carbonyl (C=O) groups excluding carboxylic acids is 2. The topological polar surface area (TPSA) is 66.8 Å². The van der Waals surface area contributed by atoms with Crippen molar-refractivity contribution in [2.45, 2.75) is 26.0 Å². The summed E-state index contributed by atoms with van der Waals surface area (Å²) in [5.41, 5.74) is 3.12. The largest absolute Gasteiger partial charge is 0.465 e. The quantitative estimate of drug-likeness (QED) is 0.410. The molecule has 0 saturated heterocycles. The zero-order valence-electron chi connectivity index (χ0n) is 18.6. The zero-order chi connectivity index (χ0) is 23.8. The van der Waals surface area contributed by atoms with Crippen molar-refractivity contribution >= 4 is 40.3 Å². The van der Waals surface area contributed by atoms with Crippen LogP contribution >= 0.6 is 11.6 Å². The van der Waals surface area contributed by atoms with Crippen molar-refractivity contribution < 1.29 is 19.4 Å². The highest BCUT2D eigenvalue weighted by Crippen LogP contribution is 2.44. The molecule has 1 N–H and O–H groups in total. The van der Waals surface area contributed by atoms with Gasteiger partial charge in [-0.1, -0.05) is 54.1 Å². The predicted molar refractivity (Wildman–Crippen MR) is 130 cm³/mol. The van der Waals surface area contributed by atoms with Crippen molar-refractivity contribution in [2.24, 2.45) is 0 Å². The molecule has 3 aromatic carbocycles. The van der Waals surface area contributed by atoms with Gasteiger partial charge in [0.15, 0.2) is 0 Å². The molecule has 1 aliphatic rings. The third-order valence-electron chi connectivity index (χ3n) is 5.61. The first kappa shape index (κ1) is 22.8. The Morgan fingerprint density at radius 3 is 2.36 bits per heavy atom. The Kier molecular flexibility index (Phi) is 6.11. The number of anilines is 1. The lowest BCUT2D eigenvalue weighted by Gasteiger charge is -2.25. The van der Waals surface area contributed by atoms with Crippen LogP contribution in [0.4, 0.5) is 5.69 Å². The molecule has 0 bridgehead atoms. The number of ether oxygens (including phenoxy) is 1. The number of methoxy groups -OCH3 is 1. The lowest BCUT2D eigenvalue weighted by molar-refractivity contribution is -0.113. The SMILES string of the molecule is COC(=O)c1cccc(CN2C(=O)/C(=C(/c3ccc(Cl)cc3)C(C)(C)O)c3ccccc32)c1. The lowest BCUT2D eigenvalue weighted by atomic mass is 9.85. The third-order valence-corrected chi connectivity index (χ3v) is 5.86. The fraction of sp³-hybridized carbons (Fsp3) is 0.185. The number of hydrogen-bond donors (Lipinski definition) is 1. The molecule has 4 rings (SSSR count). The van der Waals surface area contributed by atoms with Gasteiger partial charge in [-0.05, 0) is 55.3 Å². The number of benzene rings is 3. The molecule has 33 heavy (non-hydrogen) atoms. The number of rotatable bonds is 5. The van der Waals surface area contributed by atoms with Crippen LogP contribution in [0, 0.1) is 0 Å². The van der Waals surface area contributed by atoms with E-state index in [0.29, 0.717) is 21.7 Å². The highest BCUT2D eigenvalue weighted by atomic mass is 35.5. The summed E-state index contributed by atoms with van der Waals surface area (Å²) in [5.74, 6) is -0.649. The highest BCUT2D eigenvalue weighted by Gasteiger charge is 2.38. The minimum atomic E-state index is -1.28. The molecule has 5 nitrogen and oxygen atoms in total. The van der Waals surface area contributed by atoms with E-state index in [1.165, 1.54) is 7.11 Å². The van der Waals surface area contributed by atoms with Crippen LogP contribution in [0.5, 0.6) is 0 Å². The summed E-state index contributed by atoms with van der Waals surface area (Å²) < 4.78 is 4.82. The first-order valence-electron chi connectivity index (χ1n) is 10.5. The van der Waals surface area contributed by atoms with Gasteiger partial charge in [-0.15, -0.1) is 0 Å². The summed E-state index contributed by atoms with van der Waals surface area (Å²) in [6.07, 6.45) is 0. The molecule has 168 valence electrons. The smallest absolute Gasteiger partial charge is 0.337 e. The Balaban J connectivity index is 1.85. The van der Waals surface area contributed by atoms with E-state index in [9.17, 15) is 14.7 Å². The fourth-order valence-corrected chi connectivity index (χ4v) is 4.32. The average molecular weight is 462 g/mol. The van der Waals surface area contributed by atoms with Crippen LogP contribution in [0.1, 0.15) is 40.9 Å². The predicted octanol–water partition coefficient (Wildman–Crippen LogP) is 5.36. The average Bonchev–Trinajstić information content (AvgIpc) is 3.05. The molecule has 0 saturated carbocycles. The molecule has 0 fully saturated rings. The van der Waals surface area contributed by atoms with Gasteiger partial charge in [-0.2, -0.15) is 0 Å². The molecular formula is C27H24ClNO4. The molecule has 0 unspecified atom stereocenters. The number of nitrogens with zero attached hydrogens (tertiary/aromatic N) is 1. The van der Waals surface area contributed by atoms with Gasteiger partial charge in [-0.25, -0.2) is 4.79 Å². The van der Waals surface area contributed by atoms with Crippen LogP contribution in [0.2, 0.25) is 5.02 Å². The normalized spacial score (nSPS) is 14.8. The van der Waals surface area contributed by atoms with Crippen molar-refractivity contribution in [2.75, 3.05) is 12.0 Å². The summed E-state index contributed by atoms with van der Waals surface area (Å²) in [5, 5.41) is 11.7.